The maximum atomic E-state index is 3.24. The van der Waals surface area contributed by atoms with E-state index in [-0.39, 0.29) is 0 Å². The van der Waals surface area contributed by atoms with Gasteiger partial charge in [0, 0.05) is 0 Å². The summed E-state index contributed by atoms with van der Waals surface area (Å²) in [6, 6.07) is 0. The molecule has 0 saturated carbocycles. The molecule has 0 atom stereocenters. The molecule has 0 aliphatic heterocycles. The van der Waals surface area contributed by atoms with Gasteiger partial charge in [0.15, 0.2) is 0 Å². The van der Waals surface area contributed by atoms with E-state index in [1.54, 1.807) is 0 Å². The molecule has 0 rings (SSSR count). The van der Waals surface area contributed by atoms with Crippen LogP contribution in [0.4, 0.5) is 0 Å². The minimum absolute atomic E-state index is 1.19. The van der Waals surface area contributed by atoms with Crippen LogP contribution < -0.4 is 5.32 Å². The largest absolute Gasteiger partial charge is 0.320 e. The van der Waals surface area contributed by atoms with Gasteiger partial charge in [-0.1, -0.05) is 167 Å². The average molecular weight is 424 g/mol. The molecule has 0 saturated heterocycles. The third-order valence-corrected chi connectivity index (χ3v) is 6.78. The monoisotopic (exact) mass is 423 g/mol. The molecule has 0 bridgehead atoms. The van der Waals surface area contributed by atoms with Crippen molar-refractivity contribution in [2.24, 2.45) is 0 Å². The second kappa shape index (κ2) is 29.0. The molecule has 1 nitrogen and oxygen atoms in total. The van der Waals surface area contributed by atoms with Crippen molar-refractivity contribution in [3.8, 4) is 0 Å². The molecule has 0 aromatic heterocycles. The highest BCUT2D eigenvalue weighted by Gasteiger charge is 1.96. The van der Waals surface area contributed by atoms with E-state index in [9.17, 15) is 0 Å². The molecular weight excluding hydrogens is 362 g/mol. The van der Waals surface area contributed by atoms with Crippen molar-refractivity contribution in [1.29, 1.82) is 0 Å². The number of unbranched alkanes of at least 4 members (excludes halogenated alkanes) is 25. The van der Waals surface area contributed by atoms with Crippen LogP contribution in [0.15, 0.2) is 0 Å². The lowest BCUT2D eigenvalue weighted by molar-refractivity contribution is 0.515. The fraction of sp³-hybridized carbons (Fsp3) is 1.00. The van der Waals surface area contributed by atoms with Crippen LogP contribution in [0.2, 0.25) is 0 Å². The summed E-state index contributed by atoms with van der Waals surface area (Å²) in [4.78, 5) is 0. The minimum Gasteiger partial charge on any atom is -0.320 e. The lowest BCUT2D eigenvalue weighted by atomic mass is 10.0. The highest BCUT2D eigenvalue weighted by molar-refractivity contribution is 4.52. The molecule has 0 unspecified atom stereocenters. The van der Waals surface area contributed by atoms with Gasteiger partial charge in [0.2, 0.25) is 0 Å². The molecule has 0 amide bonds. The maximum absolute atomic E-state index is 3.24. The normalized spacial score (nSPS) is 11.4. The first-order chi connectivity index (χ1) is 14.9. The molecule has 0 aliphatic rings. The first-order valence-electron chi connectivity index (χ1n) is 14.6. The summed E-state index contributed by atoms with van der Waals surface area (Å²) in [6.07, 6.45) is 38.2. The first kappa shape index (κ1) is 30.0. The van der Waals surface area contributed by atoms with Crippen LogP contribution in [-0.2, 0) is 0 Å². The van der Waals surface area contributed by atoms with Crippen molar-refractivity contribution in [2.45, 2.75) is 174 Å². The number of hydrogen-bond donors (Lipinski definition) is 1. The standard InChI is InChI=1S/C29H61N/c1-3-4-5-6-7-8-9-10-11-12-13-14-15-16-17-18-19-20-21-22-23-24-25-26-27-28-29-30-2/h30H,3-29H2,1-2H3. The van der Waals surface area contributed by atoms with Crippen LogP contribution in [0, 0.1) is 0 Å². The molecule has 0 aromatic carbocycles. The summed E-state index contributed by atoms with van der Waals surface area (Å²) in [5, 5.41) is 3.24. The van der Waals surface area contributed by atoms with Crippen molar-refractivity contribution in [3.63, 3.8) is 0 Å². The van der Waals surface area contributed by atoms with Gasteiger partial charge in [-0.25, -0.2) is 0 Å². The molecular formula is C29H61N. The number of hydrogen-bond acceptors (Lipinski definition) is 1. The van der Waals surface area contributed by atoms with Crippen LogP contribution >= 0.6 is 0 Å². The highest BCUT2D eigenvalue weighted by atomic mass is 14.8. The van der Waals surface area contributed by atoms with Crippen LogP contribution in [0.25, 0.3) is 0 Å². The second-order valence-corrected chi connectivity index (χ2v) is 9.94. The molecule has 0 radical (unpaired) electrons. The van der Waals surface area contributed by atoms with E-state index in [0.717, 1.165) is 0 Å². The Kier molecular flexibility index (Phi) is 28.9. The number of nitrogens with one attached hydrogen (secondary N) is 1. The summed E-state index contributed by atoms with van der Waals surface area (Å²) >= 11 is 0. The Bertz CT molecular complexity index is 248. The van der Waals surface area contributed by atoms with E-state index in [1.807, 2.05) is 0 Å². The molecule has 0 spiro atoms. The predicted octanol–water partition coefficient (Wildman–Crippen LogP) is 10.4. The second-order valence-electron chi connectivity index (χ2n) is 9.94. The Morgan fingerprint density at radius 3 is 0.700 bits per heavy atom. The Labute approximate surface area is 193 Å². The van der Waals surface area contributed by atoms with Gasteiger partial charge in [-0.3, -0.25) is 0 Å². The van der Waals surface area contributed by atoms with Gasteiger partial charge in [0.1, 0.15) is 0 Å². The summed E-state index contributed by atoms with van der Waals surface area (Å²) < 4.78 is 0. The molecule has 1 N–H and O–H groups in total. The van der Waals surface area contributed by atoms with Crippen LogP contribution in [0.1, 0.15) is 174 Å². The van der Waals surface area contributed by atoms with Crippen LogP contribution in [0.5, 0.6) is 0 Å². The quantitative estimate of drug-likeness (QED) is 0.129. The first-order valence-corrected chi connectivity index (χ1v) is 14.6. The lowest BCUT2D eigenvalue weighted by Gasteiger charge is -2.04. The van der Waals surface area contributed by atoms with E-state index in [0.29, 0.717) is 0 Å². The molecule has 30 heavy (non-hydrogen) atoms. The van der Waals surface area contributed by atoms with Gasteiger partial charge in [0.25, 0.3) is 0 Å². The van der Waals surface area contributed by atoms with Crippen molar-refractivity contribution in [3.05, 3.63) is 0 Å². The van der Waals surface area contributed by atoms with Crippen molar-refractivity contribution >= 4 is 0 Å². The van der Waals surface area contributed by atoms with E-state index in [1.165, 1.54) is 173 Å². The Morgan fingerprint density at radius 1 is 0.300 bits per heavy atom. The fourth-order valence-electron chi connectivity index (χ4n) is 4.62. The van der Waals surface area contributed by atoms with Gasteiger partial charge < -0.3 is 5.32 Å². The van der Waals surface area contributed by atoms with E-state index in [2.05, 4.69) is 19.3 Å². The lowest BCUT2D eigenvalue weighted by Crippen LogP contribution is -2.06. The molecule has 1 heteroatoms. The fourth-order valence-corrected chi connectivity index (χ4v) is 4.62. The van der Waals surface area contributed by atoms with Gasteiger partial charge in [-0.05, 0) is 20.0 Å². The zero-order valence-corrected chi connectivity index (χ0v) is 21.6. The predicted molar refractivity (Wildman–Crippen MR) is 140 cm³/mol. The molecule has 0 aromatic rings. The molecule has 0 heterocycles. The summed E-state index contributed by atoms with van der Waals surface area (Å²) in [5.41, 5.74) is 0. The smallest absolute Gasteiger partial charge is 0.00519 e. The third-order valence-electron chi connectivity index (χ3n) is 6.78. The van der Waals surface area contributed by atoms with Gasteiger partial charge in [-0.2, -0.15) is 0 Å². The van der Waals surface area contributed by atoms with E-state index < -0.39 is 0 Å². The van der Waals surface area contributed by atoms with Gasteiger partial charge >= 0.3 is 0 Å². The van der Waals surface area contributed by atoms with Crippen molar-refractivity contribution in [2.75, 3.05) is 13.6 Å². The molecule has 182 valence electrons. The van der Waals surface area contributed by atoms with Gasteiger partial charge in [-0.15, -0.1) is 0 Å². The number of rotatable bonds is 27. The topological polar surface area (TPSA) is 12.0 Å². The van der Waals surface area contributed by atoms with Crippen molar-refractivity contribution < 1.29 is 0 Å². The van der Waals surface area contributed by atoms with E-state index >= 15 is 0 Å². The zero-order valence-electron chi connectivity index (χ0n) is 21.6. The maximum Gasteiger partial charge on any atom is -0.00519 e. The Balaban J connectivity index is 2.97. The minimum atomic E-state index is 1.19. The van der Waals surface area contributed by atoms with E-state index in [4.69, 9.17) is 0 Å². The van der Waals surface area contributed by atoms with Crippen LogP contribution in [0.3, 0.4) is 0 Å². The summed E-state index contributed by atoms with van der Waals surface area (Å²) in [5.74, 6) is 0. The highest BCUT2D eigenvalue weighted by Crippen LogP contribution is 2.15. The molecule has 0 fully saturated rings. The average Bonchev–Trinajstić information content (AvgIpc) is 2.76. The summed E-state index contributed by atoms with van der Waals surface area (Å²) in [7, 11) is 2.06. The van der Waals surface area contributed by atoms with Crippen molar-refractivity contribution in [1.82, 2.24) is 5.32 Å². The summed E-state index contributed by atoms with van der Waals surface area (Å²) in [6.45, 7) is 3.50. The van der Waals surface area contributed by atoms with Crippen LogP contribution in [-0.4, -0.2) is 13.6 Å². The molecule has 0 aliphatic carbocycles. The zero-order chi connectivity index (χ0) is 21.8. The third kappa shape index (κ3) is 28.0. The van der Waals surface area contributed by atoms with Gasteiger partial charge in [0.05, 0.1) is 0 Å². The Hall–Kier alpha value is -0.0400. The Morgan fingerprint density at radius 2 is 0.500 bits per heavy atom. The SMILES string of the molecule is CCCCCCCCCCCCCCCCCCCCCCCCCCCCNC.